The number of rotatable bonds is 2. The zero-order valence-corrected chi connectivity index (χ0v) is 8.72. The molecule has 0 unspecified atom stereocenters. The second kappa shape index (κ2) is 3.38. The highest BCUT2D eigenvalue weighted by molar-refractivity contribution is 7.13. The fraction of sp³-hybridized carbons (Fsp3) is 0.200. The molecule has 0 spiro atoms. The first kappa shape index (κ1) is 9.15. The smallest absolute Gasteiger partial charge is 0.179 e. The topological polar surface area (TPSA) is 39.2 Å². The number of nitrogens with zero attached hydrogens (tertiary/aromatic N) is 1. The molecule has 2 rings (SSSR count). The van der Waals surface area contributed by atoms with Gasteiger partial charge in [0.2, 0.25) is 0 Å². The van der Waals surface area contributed by atoms with Crippen LogP contribution in [0.3, 0.4) is 0 Å². The average molecular weight is 207 g/mol. The summed E-state index contributed by atoms with van der Waals surface area (Å²) in [5.74, 6) is 0.683. The van der Waals surface area contributed by atoms with Gasteiger partial charge in [-0.05, 0) is 23.7 Å². The van der Waals surface area contributed by atoms with Crippen LogP contribution < -0.4 is 4.74 Å². The Morgan fingerprint density at radius 1 is 1.50 bits per heavy atom. The molecule has 2 aromatic rings. The lowest BCUT2D eigenvalue weighted by Gasteiger charge is -2.01. The number of ketones is 1. The van der Waals surface area contributed by atoms with Crippen LogP contribution in [0.25, 0.3) is 10.1 Å². The minimum Gasteiger partial charge on any atom is -0.496 e. The molecule has 1 aromatic carbocycles. The number of ether oxygens (including phenoxy) is 1. The zero-order chi connectivity index (χ0) is 10.1. The van der Waals surface area contributed by atoms with Crippen molar-refractivity contribution < 1.29 is 9.53 Å². The minimum atomic E-state index is -0.0271. The minimum absolute atomic E-state index is 0.0271. The fourth-order valence-electron chi connectivity index (χ4n) is 1.37. The monoisotopic (exact) mass is 207 g/mol. The van der Waals surface area contributed by atoms with Crippen molar-refractivity contribution in [3.8, 4) is 5.75 Å². The first-order valence-electron chi connectivity index (χ1n) is 4.17. The predicted octanol–water partition coefficient (Wildman–Crippen LogP) is 2.51. The molecule has 0 saturated heterocycles. The maximum Gasteiger partial charge on any atom is 0.179 e. The Balaban J connectivity index is 2.81. The number of benzene rings is 1. The van der Waals surface area contributed by atoms with Gasteiger partial charge in [0, 0.05) is 6.92 Å². The summed E-state index contributed by atoms with van der Waals surface area (Å²) < 4.78 is 10.3. The highest BCUT2D eigenvalue weighted by atomic mass is 32.1. The Bertz CT molecular complexity index is 490. The predicted molar refractivity (Wildman–Crippen MR) is 56.2 cm³/mol. The van der Waals surface area contributed by atoms with Crippen LogP contribution in [0.5, 0.6) is 5.75 Å². The molecule has 1 heterocycles. The first-order chi connectivity index (χ1) is 6.74. The van der Waals surface area contributed by atoms with Crippen LogP contribution in [0.4, 0.5) is 0 Å². The van der Waals surface area contributed by atoms with Gasteiger partial charge in [-0.2, -0.15) is 4.37 Å². The molecule has 0 aliphatic carbocycles. The normalized spacial score (nSPS) is 10.4. The van der Waals surface area contributed by atoms with Crippen molar-refractivity contribution in [3.63, 3.8) is 0 Å². The Labute approximate surface area is 85.5 Å². The highest BCUT2D eigenvalue weighted by Gasteiger charge is 2.13. The maximum atomic E-state index is 11.3. The van der Waals surface area contributed by atoms with Crippen LogP contribution >= 0.6 is 11.5 Å². The molecule has 0 saturated carbocycles. The number of hydrogen-bond donors (Lipinski definition) is 0. The van der Waals surface area contributed by atoms with Gasteiger partial charge in [-0.25, -0.2) is 0 Å². The van der Waals surface area contributed by atoms with E-state index in [1.54, 1.807) is 7.11 Å². The van der Waals surface area contributed by atoms with E-state index in [4.69, 9.17) is 4.74 Å². The lowest BCUT2D eigenvalue weighted by molar-refractivity contribution is 0.101. The Hall–Kier alpha value is -1.42. The molecule has 14 heavy (non-hydrogen) atoms. The van der Waals surface area contributed by atoms with Gasteiger partial charge in [-0.15, -0.1) is 0 Å². The number of hydrogen-bond acceptors (Lipinski definition) is 4. The summed E-state index contributed by atoms with van der Waals surface area (Å²) in [5.41, 5.74) is 0.502. The number of carbonyl (C=O) groups excluding carboxylic acids is 1. The van der Waals surface area contributed by atoms with Gasteiger partial charge in [0.15, 0.2) is 5.78 Å². The molecule has 0 atom stereocenters. The number of fused-ring (bicyclic) bond motifs is 1. The summed E-state index contributed by atoms with van der Waals surface area (Å²) in [7, 11) is 1.59. The first-order valence-corrected chi connectivity index (χ1v) is 4.94. The molecule has 0 aliphatic rings. The van der Waals surface area contributed by atoms with Crippen LogP contribution in [0.2, 0.25) is 0 Å². The standard InChI is InChI=1S/C10H9NO2S/c1-6(12)10-9-7(13-2)4-3-5-8(9)14-11-10/h3-5H,1-2H3. The molecule has 0 amide bonds. The molecule has 0 fully saturated rings. The highest BCUT2D eigenvalue weighted by Crippen LogP contribution is 2.31. The molecule has 0 N–H and O–H groups in total. The van der Waals surface area contributed by atoms with Crippen molar-refractivity contribution in [3.05, 3.63) is 23.9 Å². The summed E-state index contributed by atoms with van der Waals surface area (Å²) >= 11 is 1.32. The molecular weight excluding hydrogens is 198 g/mol. The SMILES string of the molecule is COc1cccc2snc(C(C)=O)c12. The van der Waals surface area contributed by atoms with Crippen molar-refractivity contribution in [2.24, 2.45) is 0 Å². The van der Waals surface area contributed by atoms with E-state index in [1.807, 2.05) is 18.2 Å². The lowest BCUT2D eigenvalue weighted by Crippen LogP contribution is -1.93. The molecule has 0 bridgehead atoms. The van der Waals surface area contributed by atoms with E-state index in [0.29, 0.717) is 11.4 Å². The van der Waals surface area contributed by atoms with Crippen molar-refractivity contribution in [2.75, 3.05) is 7.11 Å². The quantitative estimate of drug-likeness (QED) is 0.710. The largest absolute Gasteiger partial charge is 0.496 e. The second-order valence-corrected chi connectivity index (χ2v) is 3.73. The fourth-order valence-corrected chi connectivity index (χ4v) is 2.21. The van der Waals surface area contributed by atoms with Gasteiger partial charge in [-0.3, -0.25) is 4.79 Å². The second-order valence-electron chi connectivity index (χ2n) is 2.92. The van der Waals surface area contributed by atoms with E-state index in [1.165, 1.54) is 18.5 Å². The van der Waals surface area contributed by atoms with Crippen molar-refractivity contribution in [1.82, 2.24) is 4.37 Å². The van der Waals surface area contributed by atoms with Crippen LogP contribution in [0.1, 0.15) is 17.4 Å². The van der Waals surface area contributed by atoms with Crippen LogP contribution in [-0.2, 0) is 0 Å². The molecule has 0 radical (unpaired) electrons. The van der Waals surface area contributed by atoms with Gasteiger partial charge in [-0.1, -0.05) is 6.07 Å². The van der Waals surface area contributed by atoms with E-state index < -0.39 is 0 Å². The number of Topliss-reactive ketones (excluding diaryl/α,β-unsaturated/α-hetero) is 1. The van der Waals surface area contributed by atoms with Crippen LogP contribution in [0, 0.1) is 0 Å². The van der Waals surface area contributed by atoms with Gasteiger partial charge in [0.25, 0.3) is 0 Å². The van der Waals surface area contributed by atoms with Gasteiger partial charge >= 0.3 is 0 Å². The third-order valence-corrected chi connectivity index (χ3v) is 2.82. The summed E-state index contributed by atoms with van der Waals surface area (Å²) in [6, 6.07) is 5.66. The van der Waals surface area contributed by atoms with Gasteiger partial charge < -0.3 is 4.74 Å². The Morgan fingerprint density at radius 2 is 2.29 bits per heavy atom. The van der Waals surface area contributed by atoms with Crippen LogP contribution in [0.15, 0.2) is 18.2 Å². The molecule has 3 nitrogen and oxygen atoms in total. The van der Waals surface area contributed by atoms with Crippen LogP contribution in [-0.4, -0.2) is 17.3 Å². The van der Waals surface area contributed by atoms with Gasteiger partial charge in [0.05, 0.1) is 17.2 Å². The maximum absolute atomic E-state index is 11.3. The average Bonchev–Trinajstić information content (AvgIpc) is 2.60. The van der Waals surface area contributed by atoms with E-state index in [2.05, 4.69) is 4.37 Å². The third kappa shape index (κ3) is 1.28. The van der Waals surface area contributed by atoms with Crippen molar-refractivity contribution in [1.29, 1.82) is 0 Å². The molecule has 0 aliphatic heterocycles. The lowest BCUT2D eigenvalue weighted by atomic mass is 10.1. The third-order valence-electron chi connectivity index (χ3n) is 2.01. The molecule has 72 valence electrons. The molecule has 1 aromatic heterocycles. The molecule has 4 heteroatoms. The Morgan fingerprint density at radius 3 is 2.93 bits per heavy atom. The Kier molecular flexibility index (Phi) is 2.21. The number of methoxy groups -OCH3 is 1. The van der Waals surface area contributed by atoms with E-state index in [9.17, 15) is 4.79 Å². The zero-order valence-electron chi connectivity index (χ0n) is 7.90. The number of carbonyl (C=O) groups is 1. The molecular formula is C10H9NO2S. The van der Waals surface area contributed by atoms with E-state index in [0.717, 1.165) is 10.1 Å². The summed E-state index contributed by atoms with van der Waals surface area (Å²) in [6.07, 6.45) is 0. The number of aromatic nitrogens is 1. The van der Waals surface area contributed by atoms with Crippen molar-refractivity contribution in [2.45, 2.75) is 6.92 Å². The summed E-state index contributed by atoms with van der Waals surface area (Å²) in [4.78, 5) is 11.3. The van der Waals surface area contributed by atoms with E-state index in [-0.39, 0.29) is 5.78 Å². The summed E-state index contributed by atoms with van der Waals surface area (Å²) in [5, 5.41) is 0.826. The summed E-state index contributed by atoms with van der Waals surface area (Å²) in [6.45, 7) is 1.51. The van der Waals surface area contributed by atoms with E-state index >= 15 is 0 Å². The van der Waals surface area contributed by atoms with Gasteiger partial charge in [0.1, 0.15) is 11.4 Å². The van der Waals surface area contributed by atoms with Crippen molar-refractivity contribution >= 4 is 27.4 Å².